The van der Waals surface area contributed by atoms with Crippen molar-refractivity contribution in [1.82, 2.24) is 29.7 Å². The van der Waals surface area contributed by atoms with Crippen LogP contribution in [0.4, 0.5) is 0 Å². The number of piperazine rings is 1. The van der Waals surface area contributed by atoms with Crippen molar-refractivity contribution in [1.29, 1.82) is 0 Å². The Morgan fingerprint density at radius 1 is 0.970 bits per heavy atom. The highest BCUT2D eigenvalue weighted by Crippen LogP contribution is 2.18. The minimum absolute atomic E-state index is 0.0217. The zero-order valence-corrected chi connectivity index (χ0v) is 18.6. The second-order valence-corrected chi connectivity index (χ2v) is 8.36. The summed E-state index contributed by atoms with van der Waals surface area (Å²) in [5.41, 5.74) is 3.91. The average Bonchev–Trinajstić information content (AvgIpc) is 3.50. The molecule has 1 fully saturated rings. The van der Waals surface area contributed by atoms with Gasteiger partial charge in [-0.25, -0.2) is 0 Å². The molecule has 0 spiro atoms. The van der Waals surface area contributed by atoms with Crippen molar-refractivity contribution in [2.24, 2.45) is 0 Å². The van der Waals surface area contributed by atoms with Gasteiger partial charge >= 0.3 is 0 Å². The van der Waals surface area contributed by atoms with Gasteiger partial charge in [0.15, 0.2) is 0 Å². The number of benzene rings is 2. The summed E-state index contributed by atoms with van der Waals surface area (Å²) in [4.78, 5) is 21.6. The van der Waals surface area contributed by atoms with Crippen molar-refractivity contribution in [3.8, 4) is 11.4 Å². The average molecular weight is 443 g/mol. The van der Waals surface area contributed by atoms with Gasteiger partial charge in [0.25, 0.3) is 5.91 Å². The first-order valence-corrected chi connectivity index (χ1v) is 11.1. The Balaban J connectivity index is 1.14. The topological polar surface area (TPSA) is 80.3 Å². The second-order valence-electron chi connectivity index (χ2n) is 8.36. The predicted molar refractivity (Wildman–Crippen MR) is 123 cm³/mol. The van der Waals surface area contributed by atoms with E-state index in [0.29, 0.717) is 43.5 Å². The van der Waals surface area contributed by atoms with Crippen LogP contribution < -0.4 is 0 Å². The summed E-state index contributed by atoms with van der Waals surface area (Å²) < 4.78 is 7.26. The molecule has 4 aromatic rings. The molecule has 0 aliphatic carbocycles. The minimum Gasteiger partial charge on any atom is -0.338 e. The van der Waals surface area contributed by atoms with Gasteiger partial charge in [0.1, 0.15) is 0 Å². The molecule has 8 nitrogen and oxygen atoms in total. The van der Waals surface area contributed by atoms with E-state index < -0.39 is 0 Å². The number of hydrogen-bond donors (Lipinski definition) is 0. The lowest BCUT2D eigenvalue weighted by molar-refractivity contribution is 0.0615. The van der Waals surface area contributed by atoms with Crippen LogP contribution in [0.3, 0.4) is 0 Å². The van der Waals surface area contributed by atoms with Crippen LogP contribution in [-0.4, -0.2) is 61.8 Å². The summed E-state index contributed by atoms with van der Waals surface area (Å²) in [6.45, 7) is 6.10. The molecule has 0 bridgehead atoms. The van der Waals surface area contributed by atoms with Gasteiger partial charge < -0.3 is 9.42 Å². The van der Waals surface area contributed by atoms with E-state index in [0.717, 1.165) is 24.2 Å². The van der Waals surface area contributed by atoms with Crippen LogP contribution >= 0.6 is 0 Å². The highest BCUT2D eigenvalue weighted by atomic mass is 16.5. The Bertz CT molecular complexity index is 1210. The van der Waals surface area contributed by atoms with E-state index in [1.54, 1.807) is 10.9 Å². The summed E-state index contributed by atoms with van der Waals surface area (Å²) in [7, 11) is 0. The van der Waals surface area contributed by atoms with Crippen LogP contribution in [0.5, 0.6) is 0 Å². The molecule has 1 aliphatic rings. The molecule has 0 atom stereocenters. The molecule has 5 rings (SSSR count). The SMILES string of the molecule is Cc1ccc(-c2noc(CN3CCN(C(=O)c4cnn(Cc5ccccc5)c4)CC3)n2)cc1. The lowest BCUT2D eigenvalue weighted by Crippen LogP contribution is -2.48. The van der Waals surface area contributed by atoms with Gasteiger partial charge in [-0.15, -0.1) is 0 Å². The molecule has 8 heteroatoms. The maximum absolute atomic E-state index is 12.9. The third-order valence-corrected chi connectivity index (χ3v) is 5.86. The molecule has 0 radical (unpaired) electrons. The maximum Gasteiger partial charge on any atom is 0.257 e. The van der Waals surface area contributed by atoms with E-state index >= 15 is 0 Å². The molecule has 0 unspecified atom stereocenters. The van der Waals surface area contributed by atoms with Crippen LogP contribution in [0.1, 0.15) is 27.4 Å². The first kappa shape index (κ1) is 21.1. The number of carbonyl (C=O) groups excluding carboxylic acids is 1. The van der Waals surface area contributed by atoms with Gasteiger partial charge in [-0.05, 0) is 12.5 Å². The van der Waals surface area contributed by atoms with E-state index in [1.165, 1.54) is 5.56 Å². The van der Waals surface area contributed by atoms with E-state index in [-0.39, 0.29) is 5.91 Å². The lowest BCUT2D eigenvalue weighted by Gasteiger charge is -2.33. The van der Waals surface area contributed by atoms with Crippen LogP contribution in [0, 0.1) is 6.92 Å². The third kappa shape index (κ3) is 5.01. The number of aryl methyl sites for hydroxylation is 1. The Morgan fingerprint density at radius 2 is 1.73 bits per heavy atom. The quantitative estimate of drug-likeness (QED) is 0.456. The Morgan fingerprint density at radius 3 is 2.48 bits per heavy atom. The summed E-state index contributed by atoms with van der Waals surface area (Å²) in [5, 5.41) is 8.47. The lowest BCUT2D eigenvalue weighted by atomic mass is 10.1. The number of rotatable bonds is 6. The maximum atomic E-state index is 12.9. The van der Waals surface area contributed by atoms with Gasteiger partial charge in [-0.3, -0.25) is 14.4 Å². The minimum atomic E-state index is 0.0217. The fourth-order valence-corrected chi connectivity index (χ4v) is 3.95. The molecule has 1 aliphatic heterocycles. The fraction of sp³-hybridized carbons (Fsp3) is 0.280. The Labute approximate surface area is 192 Å². The first-order chi connectivity index (χ1) is 16.1. The van der Waals surface area contributed by atoms with Crippen molar-refractivity contribution in [3.63, 3.8) is 0 Å². The predicted octanol–water partition coefficient (Wildman–Crippen LogP) is 3.25. The summed E-state index contributed by atoms with van der Waals surface area (Å²) in [6, 6.07) is 18.2. The molecular weight excluding hydrogens is 416 g/mol. The summed E-state index contributed by atoms with van der Waals surface area (Å²) >= 11 is 0. The highest BCUT2D eigenvalue weighted by molar-refractivity contribution is 5.93. The van der Waals surface area contributed by atoms with Crippen molar-refractivity contribution in [3.05, 3.63) is 89.6 Å². The van der Waals surface area contributed by atoms with Gasteiger partial charge in [0, 0.05) is 37.9 Å². The van der Waals surface area contributed by atoms with Crippen LogP contribution in [0.15, 0.2) is 71.5 Å². The zero-order valence-electron chi connectivity index (χ0n) is 18.6. The van der Waals surface area contributed by atoms with Crippen LogP contribution in [0.25, 0.3) is 11.4 Å². The molecule has 168 valence electrons. The van der Waals surface area contributed by atoms with Crippen molar-refractivity contribution in [2.45, 2.75) is 20.0 Å². The van der Waals surface area contributed by atoms with E-state index in [2.05, 4.69) is 32.3 Å². The number of hydrogen-bond acceptors (Lipinski definition) is 6. The molecule has 1 saturated heterocycles. The molecular formula is C25H26N6O2. The number of nitrogens with zero attached hydrogens (tertiary/aromatic N) is 6. The number of carbonyl (C=O) groups is 1. The van der Waals surface area contributed by atoms with Crippen molar-refractivity contribution in [2.75, 3.05) is 26.2 Å². The Hall–Kier alpha value is -3.78. The number of amides is 1. The van der Waals surface area contributed by atoms with Crippen LogP contribution in [-0.2, 0) is 13.1 Å². The van der Waals surface area contributed by atoms with E-state index in [1.807, 2.05) is 60.5 Å². The van der Waals surface area contributed by atoms with E-state index in [9.17, 15) is 4.79 Å². The highest BCUT2D eigenvalue weighted by Gasteiger charge is 2.24. The largest absolute Gasteiger partial charge is 0.338 e. The molecule has 0 N–H and O–H groups in total. The monoisotopic (exact) mass is 442 g/mol. The van der Waals surface area contributed by atoms with Gasteiger partial charge in [0.2, 0.25) is 11.7 Å². The first-order valence-electron chi connectivity index (χ1n) is 11.1. The molecule has 3 heterocycles. The second kappa shape index (κ2) is 9.38. The van der Waals surface area contributed by atoms with Gasteiger partial charge in [0.05, 0.1) is 24.8 Å². The molecule has 2 aromatic carbocycles. The van der Waals surface area contributed by atoms with Crippen LogP contribution in [0.2, 0.25) is 0 Å². The van der Waals surface area contributed by atoms with Crippen molar-refractivity contribution < 1.29 is 9.32 Å². The molecule has 2 aromatic heterocycles. The standard InChI is InChI=1S/C25H26N6O2/c1-19-7-9-21(10-8-19)24-27-23(33-28-24)18-29-11-13-30(14-12-29)25(32)22-15-26-31(17-22)16-20-5-3-2-4-6-20/h2-10,15,17H,11-14,16,18H2,1H3. The van der Waals surface area contributed by atoms with Gasteiger partial charge in [-0.1, -0.05) is 65.3 Å². The van der Waals surface area contributed by atoms with Gasteiger partial charge in [-0.2, -0.15) is 10.1 Å². The summed E-state index contributed by atoms with van der Waals surface area (Å²) in [5.74, 6) is 1.22. The molecule has 1 amide bonds. The fourth-order valence-electron chi connectivity index (χ4n) is 3.95. The normalized spacial score (nSPS) is 14.5. The van der Waals surface area contributed by atoms with Crippen molar-refractivity contribution >= 4 is 5.91 Å². The molecule has 0 saturated carbocycles. The molecule has 33 heavy (non-hydrogen) atoms. The zero-order chi connectivity index (χ0) is 22.6. The van der Waals surface area contributed by atoms with E-state index in [4.69, 9.17) is 4.52 Å². The Kier molecular flexibility index (Phi) is 5.99. The summed E-state index contributed by atoms with van der Waals surface area (Å²) in [6.07, 6.45) is 3.48. The number of aromatic nitrogens is 4. The third-order valence-electron chi connectivity index (χ3n) is 5.86. The smallest absolute Gasteiger partial charge is 0.257 e.